The largest absolute Gasteiger partial charge is 0.394 e. The van der Waals surface area contributed by atoms with Crippen LogP contribution in [0.25, 0.3) is 0 Å². The molecular weight excluding hydrogens is 240 g/mol. The minimum Gasteiger partial charge on any atom is -0.394 e. The maximum Gasteiger partial charge on any atom is 0.164 e. The highest BCUT2D eigenvalue weighted by atomic mass is 16.4. The van der Waals surface area contributed by atoms with Crippen LogP contribution in [0, 0.1) is 0 Å². The summed E-state index contributed by atoms with van der Waals surface area (Å²) < 4.78 is 7.60. The molecule has 0 aromatic rings. The number of ketones is 1. The van der Waals surface area contributed by atoms with Crippen molar-refractivity contribution in [1.29, 1.82) is 0 Å². The number of aliphatic hydroxyl groups excluding tert-OH is 5. The molecule has 0 fully saturated rings. The average molecular weight is 265 g/mol. The number of Topliss-reactive ketones (excluding diaryl/α,β-unsaturated/α-hetero) is 1. The van der Waals surface area contributed by atoms with Crippen molar-refractivity contribution in [1.82, 2.24) is 0 Å². The van der Waals surface area contributed by atoms with E-state index < -0.39 is 43.2 Å². The maximum atomic E-state index is 11.6. The highest BCUT2D eigenvalue weighted by molar-refractivity contribution is 5.83. The Morgan fingerprint density at radius 1 is 1.17 bits per heavy atom. The molecule has 0 aliphatic heterocycles. The van der Waals surface area contributed by atoms with Crippen molar-refractivity contribution < 1.29 is 31.7 Å². The van der Waals surface area contributed by atoms with Gasteiger partial charge in [-0.05, 0) is 6.40 Å². The summed E-state index contributed by atoms with van der Waals surface area (Å²) in [6.07, 6.45) is -5.86. The summed E-state index contributed by atoms with van der Waals surface area (Å²) in [6, 6.07) is 0. The van der Waals surface area contributed by atoms with Gasteiger partial charge in [-0.15, -0.1) is 0 Å². The molecule has 5 atom stereocenters. The summed E-state index contributed by atoms with van der Waals surface area (Å²) in [5.41, 5.74) is 0. The van der Waals surface area contributed by atoms with Crippen LogP contribution in [0.5, 0.6) is 0 Å². The standard InChI is InChI=1S/C12H24O6/c1-2-3-4-5-6-8(14)10(16)12(18)11(17)9(15)7-13/h9-13,15-18H,2-7H2,1H3/t9-,10+,11-,12-/m1/s1/i5D/t5?,9-,10+,11-,12-. The van der Waals surface area contributed by atoms with Crippen LogP contribution in [-0.2, 0) is 4.79 Å². The molecule has 6 heteroatoms. The summed E-state index contributed by atoms with van der Waals surface area (Å²) in [6.45, 7) is 1.16. The Morgan fingerprint density at radius 3 is 2.28 bits per heavy atom. The molecule has 0 saturated carbocycles. The van der Waals surface area contributed by atoms with E-state index in [1.54, 1.807) is 0 Å². The topological polar surface area (TPSA) is 118 Å². The molecule has 0 aliphatic rings. The number of hydrogen-bond donors (Lipinski definition) is 5. The Labute approximate surface area is 108 Å². The van der Waals surface area contributed by atoms with Crippen LogP contribution in [0.3, 0.4) is 0 Å². The van der Waals surface area contributed by atoms with Crippen molar-refractivity contribution in [3.05, 3.63) is 0 Å². The van der Waals surface area contributed by atoms with E-state index in [-0.39, 0.29) is 6.42 Å². The highest BCUT2D eigenvalue weighted by Gasteiger charge is 2.33. The van der Waals surface area contributed by atoms with Gasteiger partial charge in [-0.25, -0.2) is 0 Å². The molecular formula is C12H24O6. The fraction of sp³-hybridized carbons (Fsp3) is 0.917. The molecule has 6 nitrogen and oxygen atoms in total. The molecule has 0 spiro atoms. The van der Waals surface area contributed by atoms with Gasteiger partial charge in [0.1, 0.15) is 24.4 Å². The number of carbonyl (C=O) groups excluding carboxylic acids is 1. The van der Waals surface area contributed by atoms with Crippen molar-refractivity contribution in [2.24, 2.45) is 0 Å². The zero-order valence-electron chi connectivity index (χ0n) is 11.6. The van der Waals surface area contributed by atoms with Gasteiger partial charge in [0.25, 0.3) is 0 Å². The molecule has 0 rings (SSSR count). The summed E-state index contributed by atoms with van der Waals surface area (Å²) in [4.78, 5) is 11.6. The third kappa shape index (κ3) is 5.88. The van der Waals surface area contributed by atoms with Crippen LogP contribution >= 0.6 is 0 Å². The van der Waals surface area contributed by atoms with Gasteiger partial charge < -0.3 is 25.5 Å². The summed E-state index contributed by atoms with van der Waals surface area (Å²) in [5.74, 6) is -0.757. The van der Waals surface area contributed by atoms with Gasteiger partial charge in [0.05, 0.1) is 6.61 Å². The third-order valence-corrected chi connectivity index (χ3v) is 2.69. The fourth-order valence-corrected chi connectivity index (χ4v) is 1.43. The molecule has 1 unspecified atom stereocenters. The number of unbranched alkanes of at least 4 members (excludes halogenated alkanes) is 1. The van der Waals surface area contributed by atoms with Crippen molar-refractivity contribution in [2.75, 3.05) is 6.61 Å². The van der Waals surface area contributed by atoms with E-state index in [1.807, 2.05) is 6.92 Å². The minimum atomic E-state index is -1.88. The van der Waals surface area contributed by atoms with Crippen LogP contribution in [0.15, 0.2) is 0 Å². The lowest BCUT2D eigenvalue weighted by atomic mass is 9.97. The second kappa shape index (κ2) is 9.41. The van der Waals surface area contributed by atoms with E-state index in [1.165, 1.54) is 0 Å². The lowest BCUT2D eigenvalue weighted by Gasteiger charge is -2.24. The number of rotatable bonds is 10. The molecule has 0 radical (unpaired) electrons. The molecule has 0 saturated heterocycles. The zero-order valence-corrected chi connectivity index (χ0v) is 10.6. The quantitative estimate of drug-likeness (QED) is 0.344. The normalized spacial score (nSPS) is 20.7. The molecule has 108 valence electrons. The average Bonchev–Trinajstić information content (AvgIpc) is 2.41. The van der Waals surface area contributed by atoms with Gasteiger partial charge in [-0.3, -0.25) is 4.79 Å². The summed E-state index contributed by atoms with van der Waals surface area (Å²) in [7, 11) is 0. The van der Waals surface area contributed by atoms with Gasteiger partial charge in [-0.1, -0.05) is 26.2 Å². The Hall–Kier alpha value is -0.530. The van der Waals surface area contributed by atoms with E-state index in [9.17, 15) is 20.1 Å². The first kappa shape index (κ1) is 15.5. The molecule has 18 heavy (non-hydrogen) atoms. The predicted octanol–water partition coefficient (Wildman–Crippen LogP) is -1.04. The van der Waals surface area contributed by atoms with Gasteiger partial charge in [-0.2, -0.15) is 0 Å². The first-order valence-electron chi connectivity index (χ1n) is 6.70. The Morgan fingerprint density at radius 2 is 1.78 bits per heavy atom. The van der Waals surface area contributed by atoms with Crippen LogP contribution in [-0.4, -0.2) is 62.3 Å². The van der Waals surface area contributed by atoms with E-state index in [4.69, 9.17) is 11.6 Å². The van der Waals surface area contributed by atoms with Crippen molar-refractivity contribution in [3.8, 4) is 0 Å². The zero-order chi connectivity index (χ0) is 15.0. The van der Waals surface area contributed by atoms with Crippen LogP contribution < -0.4 is 0 Å². The van der Waals surface area contributed by atoms with Crippen LogP contribution in [0.2, 0.25) is 0 Å². The van der Waals surface area contributed by atoms with E-state index in [0.29, 0.717) is 6.42 Å². The molecule has 0 bridgehead atoms. The third-order valence-electron chi connectivity index (χ3n) is 2.69. The minimum absolute atomic E-state index is 0.222. The Bertz CT molecular complexity index is 263. The molecule has 0 aliphatic carbocycles. The number of carbonyl (C=O) groups is 1. The Balaban J connectivity index is 4.31. The summed E-state index contributed by atoms with van der Waals surface area (Å²) >= 11 is 0. The molecule has 0 heterocycles. The monoisotopic (exact) mass is 265 g/mol. The van der Waals surface area contributed by atoms with Gasteiger partial charge in [0.2, 0.25) is 0 Å². The van der Waals surface area contributed by atoms with E-state index >= 15 is 0 Å². The molecule has 0 amide bonds. The summed E-state index contributed by atoms with van der Waals surface area (Å²) in [5, 5.41) is 46.1. The second-order valence-corrected chi connectivity index (χ2v) is 4.28. The lowest BCUT2D eigenvalue weighted by Crippen LogP contribution is -2.48. The Kier molecular flexibility index (Phi) is 8.11. The van der Waals surface area contributed by atoms with Crippen LogP contribution in [0.1, 0.15) is 40.4 Å². The maximum absolute atomic E-state index is 11.6. The number of aliphatic hydroxyl groups is 5. The van der Waals surface area contributed by atoms with Crippen LogP contribution in [0.4, 0.5) is 0 Å². The fourth-order valence-electron chi connectivity index (χ4n) is 1.43. The highest BCUT2D eigenvalue weighted by Crippen LogP contribution is 2.10. The first-order chi connectivity index (χ1) is 8.84. The number of hydrogen-bond acceptors (Lipinski definition) is 6. The molecule has 0 aromatic carbocycles. The van der Waals surface area contributed by atoms with Crippen molar-refractivity contribution in [3.63, 3.8) is 0 Å². The van der Waals surface area contributed by atoms with E-state index in [2.05, 4.69) is 0 Å². The molecule has 0 aromatic heterocycles. The SMILES string of the molecule is [2H]C(CCCC)CC(=O)[C@H](O)[C@@H](O)[C@H](O)[C@H](O)CO. The van der Waals surface area contributed by atoms with Gasteiger partial charge in [0.15, 0.2) is 5.78 Å². The van der Waals surface area contributed by atoms with Crippen molar-refractivity contribution in [2.45, 2.75) is 63.4 Å². The lowest BCUT2D eigenvalue weighted by molar-refractivity contribution is -0.147. The predicted molar refractivity (Wildman–Crippen MR) is 64.9 cm³/mol. The smallest absolute Gasteiger partial charge is 0.164 e. The van der Waals surface area contributed by atoms with E-state index in [0.717, 1.165) is 12.8 Å². The first-order valence-corrected chi connectivity index (χ1v) is 6.13. The van der Waals surface area contributed by atoms with Gasteiger partial charge in [0, 0.05) is 7.79 Å². The molecule has 5 N–H and O–H groups in total. The van der Waals surface area contributed by atoms with Crippen molar-refractivity contribution >= 4 is 5.78 Å². The second-order valence-electron chi connectivity index (χ2n) is 4.28. The van der Waals surface area contributed by atoms with Gasteiger partial charge >= 0.3 is 0 Å².